The first-order valence-corrected chi connectivity index (χ1v) is 16.0. The number of carbonyl (C=O) groups excluding carboxylic acids is 1. The number of thiazole rings is 1. The lowest BCUT2D eigenvalue weighted by Crippen LogP contribution is -2.39. The number of esters is 1. The molecule has 3 aromatic carbocycles. The van der Waals surface area contributed by atoms with Crippen LogP contribution in [0.5, 0.6) is 5.75 Å². The maximum atomic E-state index is 14.0. The van der Waals surface area contributed by atoms with Gasteiger partial charge in [0.2, 0.25) is 0 Å². The van der Waals surface area contributed by atoms with Crippen LogP contribution in [0.4, 0.5) is 4.39 Å². The summed E-state index contributed by atoms with van der Waals surface area (Å²) in [6.07, 6.45) is 1.78. The summed E-state index contributed by atoms with van der Waals surface area (Å²) in [7, 11) is 0. The van der Waals surface area contributed by atoms with Crippen molar-refractivity contribution in [2.24, 2.45) is 4.99 Å². The molecule has 6 nitrogen and oxygen atoms in total. The van der Waals surface area contributed by atoms with Crippen LogP contribution in [0.3, 0.4) is 0 Å². The lowest BCUT2D eigenvalue weighted by atomic mass is 9.96. The zero-order valence-corrected chi connectivity index (χ0v) is 27.9. The molecule has 4 aromatic rings. The summed E-state index contributed by atoms with van der Waals surface area (Å²) in [5.41, 5.74) is 2.65. The Labute approximate surface area is 269 Å². The van der Waals surface area contributed by atoms with Gasteiger partial charge < -0.3 is 9.47 Å². The van der Waals surface area contributed by atoms with Gasteiger partial charge in [-0.3, -0.25) is 9.36 Å². The summed E-state index contributed by atoms with van der Waals surface area (Å²) < 4.78 is 30.0. The maximum absolute atomic E-state index is 14.0. The summed E-state index contributed by atoms with van der Waals surface area (Å²) >= 11 is 10.4. The van der Waals surface area contributed by atoms with E-state index < -0.39 is 17.8 Å². The molecule has 1 aliphatic heterocycles. The fourth-order valence-electron chi connectivity index (χ4n) is 4.47. The number of ether oxygens (including phenoxy) is 2. The average Bonchev–Trinajstić information content (AvgIpc) is 3.23. The third-order valence-electron chi connectivity index (χ3n) is 6.32. The van der Waals surface area contributed by atoms with Crippen molar-refractivity contribution in [3.05, 3.63) is 127 Å². The zero-order chi connectivity index (χ0) is 29.3. The van der Waals surface area contributed by atoms with Crippen LogP contribution < -0.4 is 19.6 Å². The number of allylic oxidation sites excluding steroid dienone is 1. The van der Waals surface area contributed by atoms with Crippen molar-refractivity contribution >= 4 is 77.8 Å². The second kappa shape index (κ2) is 12.7. The smallest absolute Gasteiger partial charge is 0.338 e. The van der Waals surface area contributed by atoms with Gasteiger partial charge in [-0.2, -0.15) is 0 Å². The summed E-state index contributed by atoms with van der Waals surface area (Å²) in [6, 6.07) is 16.6. The van der Waals surface area contributed by atoms with E-state index >= 15 is 0 Å². The van der Waals surface area contributed by atoms with Gasteiger partial charge in [0, 0.05) is 14.5 Å². The average molecular weight is 812 g/mol. The SMILES string of the molecule is CCOC(=O)C1=C(C)N=c2s/c(=C\c3cc(Br)cc(I)c3OCc3ccc(Br)cc3)c(=O)n2[C@H]1c1ccc(F)cc1. The van der Waals surface area contributed by atoms with Crippen molar-refractivity contribution in [1.29, 1.82) is 0 Å². The van der Waals surface area contributed by atoms with E-state index in [2.05, 4.69) is 59.4 Å². The highest BCUT2D eigenvalue weighted by molar-refractivity contribution is 14.1. The van der Waals surface area contributed by atoms with Crippen molar-refractivity contribution in [2.45, 2.75) is 26.5 Å². The summed E-state index contributed by atoms with van der Waals surface area (Å²) in [5, 5.41) is 0. The van der Waals surface area contributed by atoms with Crippen LogP contribution in [-0.4, -0.2) is 17.1 Å². The Hall–Kier alpha value is -2.61. The van der Waals surface area contributed by atoms with Crippen molar-refractivity contribution in [3.8, 4) is 5.75 Å². The Balaban J connectivity index is 1.64. The first-order valence-electron chi connectivity index (χ1n) is 12.5. The van der Waals surface area contributed by atoms with E-state index in [1.54, 1.807) is 32.1 Å². The molecule has 2 heterocycles. The van der Waals surface area contributed by atoms with Crippen molar-refractivity contribution in [3.63, 3.8) is 0 Å². The summed E-state index contributed by atoms with van der Waals surface area (Å²) in [4.78, 5) is 32.1. The van der Waals surface area contributed by atoms with E-state index in [1.165, 1.54) is 28.0 Å². The second-order valence-corrected chi connectivity index (χ2v) is 13.1. The molecule has 5 rings (SSSR count). The zero-order valence-electron chi connectivity index (χ0n) is 21.8. The van der Waals surface area contributed by atoms with Gasteiger partial charge in [0.25, 0.3) is 5.56 Å². The topological polar surface area (TPSA) is 69.9 Å². The summed E-state index contributed by atoms with van der Waals surface area (Å²) in [5.74, 6) is -0.344. The quantitative estimate of drug-likeness (QED) is 0.155. The third kappa shape index (κ3) is 6.42. The van der Waals surface area contributed by atoms with E-state index in [4.69, 9.17) is 9.47 Å². The number of fused-ring (bicyclic) bond motifs is 1. The van der Waals surface area contributed by atoms with Crippen LogP contribution in [0, 0.1) is 9.39 Å². The Morgan fingerprint density at radius 3 is 2.51 bits per heavy atom. The normalized spacial score (nSPS) is 15.0. The first-order chi connectivity index (χ1) is 19.7. The van der Waals surface area contributed by atoms with Gasteiger partial charge >= 0.3 is 5.97 Å². The number of aromatic nitrogens is 1. The molecule has 1 aromatic heterocycles. The van der Waals surface area contributed by atoms with E-state index in [0.29, 0.717) is 38.5 Å². The highest BCUT2D eigenvalue weighted by Crippen LogP contribution is 2.33. The lowest BCUT2D eigenvalue weighted by Gasteiger charge is -2.24. The molecule has 0 bridgehead atoms. The molecule has 0 saturated heterocycles. The Morgan fingerprint density at radius 1 is 1.12 bits per heavy atom. The van der Waals surface area contributed by atoms with Gasteiger partial charge in [0.1, 0.15) is 18.2 Å². The van der Waals surface area contributed by atoms with Gasteiger partial charge in [-0.25, -0.2) is 14.2 Å². The molecule has 210 valence electrons. The Kier molecular flexibility index (Phi) is 9.27. The molecule has 41 heavy (non-hydrogen) atoms. The molecule has 0 aliphatic carbocycles. The van der Waals surface area contributed by atoms with Crippen LogP contribution in [-0.2, 0) is 16.1 Å². The number of benzene rings is 3. The second-order valence-electron chi connectivity index (χ2n) is 9.07. The molecular weight excluding hydrogens is 790 g/mol. The molecule has 0 spiro atoms. The van der Waals surface area contributed by atoms with E-state index in [0.717, 1.165) is 18.1 Å². The molecule has 0 N–H and O–H groups in total. The first kappa shape index (κ1) is 29.9. The van der Waals surface area contributed by atoms with E-state index in [1.807, 2.05) is 36.4 Å². The predicted molar refractivity (Wildman–Crippen MR) is 172 cm³/mol. The highest BCUT2D eigenvalue weighted by Gasteiger charge is 2.33. The largest absolute Gasteiger partial charge is 0.487 e. The molecule has 11 heteroatoms. The molecule has 1 atom stereocenters. The predicted octanol–water partition coefficient (Wildman–Crippen LogP) is 6.65. The van der Waals surface area contributed by atoms with Gasteiger partial charge in [-0.05, 0) is 90.0 Å². The highest BCUT2D eigenvalue weighted by atomic mass is 127. The molecule has 0 radical (unpaired) electrons. The van der Waals surface area contributed by atoms with Gasteiger partial charge in [0.15, 0.2) is 4.80 Å². The van der Waals surface area contributed by atoms with Gasteiger partial charge in [-0.15, -0.1) is 0 Å². The number of hydrogen-bond acceptors (Lipinski definition) is 6. The molecule has 1 aliphatic rings. The van der Waals surface area contributed by atoms with Gasteiger partial charge in [0.05, 0.1) is 32.0 Å². The van der Waals surface area contributed by atoms with E-state index in [-0.39, 0.29) is 17.7 Å². The van der Waals surface area contributed by atoms with E-state index in [9.17, 15) is 14.0 Å². The Morgan fingerprint density at radius 2 is 1.83 bits per heavy atom. The number of carbonyl (C=O) groups is 1. The monoisotopic (exact) mass is 810 g/mol. The number of halogens is 4. The molecule has 0 saturated carbocycles. The molecule has 0 amide bonds. The number of hydrogen-bond donors (Lipinski definition) is 0. The van der Waals surface area contributed by atoms with Crippen molar-refractivity contribution in [2.75, 3.05) is 6.61 Å². The number of nitrogens with zero attached hydrogens (tertiary/aromatic N) is 2. The minimum Gasteiger partial charge on any atom is -0.487 e. The summed E-state index contributed by atoms with van der Waals surface area (Å²) in [6.45, 7) is 3.94. The van der Waals surface area contributed by atoms with Crippen LogP contribution in [0.2, 0.25) is 0 Å². The molecule has 0 unspecified atom stereocenters. The minimum absolute atomic E-state index is 0.167. The van der Waals surface area contributed by atoms with Crippen molar-refractivity contribution in [1.82, 2.24) is 4.57 Å². The van der Waals surface area contributed by atoms with Crippen LogP contribution in [0.1, 0.15) is 36.6 Å². The van der Waals surface area contributed by atoms with Crippen LogP contribution >= 0.6 is 65.8 Å². The van der Waals surface area contributed by atoms with Crippen LogP contribution in [0.15, 0.2) is 90.7 Å². The fraction of sp³-hybridized carbons (Fsp3) is 0.167. The van der Waals surface area contributed by atoms with Crippen molar-refractivity contribution < 1.29 is 18.7 Å². The maximum Gasteiger partial charge on any atom is 0.338 e. The van der Waals surface area contributed by atoms with Crippen LogP contribution in [0.25, 0.3) is 6.08 Å². The fourth-order valence-corrected chi connectivity index (χ4v) is 7.48. The van der Waals surface area contributed by atoms with Gasteiger partial charge in [-0.1, -0.05) is 67.5 Å². The number of rotatable bonds is 7. The molecular formula is C30H22Br2FIN2O4S. The lowest BCUT2D eigenvalue weighted by molar-refractivity contribution is -0.139. The standard InChI is InChI=1S/C30H22Br2FIN2O4S/c1-3-39-29(38)25-16(2)35-30-36(26(25)18-6-10-22(33)11-7-18)28(37)24(41-30)13-19-12-21(32)14-23(34)27(19)40-15-17-4-8-20(31)9-5-17/h4-14,26H,3,15H2,1-2H3/b24-13-/t26-/m0/s1. The Bertz CT molecular complexity index is 1850. The third-order valence-corrected chi connectivity index (χ3v) is 9.09. The minimum atomic E-state index is -0.816. The molecule has 0 fully saturated rings.